The van der Waals surface area contributed by atoms with Gasteiger partial charge in [0.2, 0.25) is 0 Å². The summed E-state index contributed by atoms with van der Waals surface area (Å²) >= 11 is 2.03. The molecule has 3 heteroatoms. The summed E-state index contributed by atoms with van der Waals surface area (Å²) in [7, 11) is 0. The summed E-state index contributed by atoms with van der Waals surface area (Å²) in [6, 6.07) is 0.684. The Balaban J connectivity index is 1.64. The molecule has 94 valence electrons. The van der Waals surface area contributed by atoms with Gasteiger partial charge in [0.05, 0.1) is 6.61 Å². The zero-order valence-electron chi connectivity index (χ0n) is 10.4. The summed E-state index contributed by atoms with van der Waals surface area (Å²) in [4.78, 5) is 0. The molecule has 1 atom stereocenters. The third-order valence-electron chi connectivity index (χ3n) is 3.73. The van der Waals surface area contributed by atoms with Crippen LogP contribution in [0.3, 0.4) is 0 Å². The molecule has 0 bridgehead atoms. The second-order valence-corrected chi connectivity index (χ2v) is 6.83. The van der Waals surface area contributed by atoms with Gasteiger partial charge in [-0.1, -0.05) is 12.8 Å². The van der Waals surface area contributed by atoms with Crippen LogP contribution in [-0.2, 0) is 0 Å². The van der Waals surface area contributed by atoms with Crippen LogP contribution in [0, 0.1) is 5.92 Å². The maximum Gasteiger partial charge on any atom is 0.0618 e. The molecule has 2 nitrogen and oxygen atoms in total. The Kier molecular flexibility index (Phi) is 4.57. The molecule has 2 N–H and O–H groups in total. The molecule has 2 saturated carbocycles. The molecule has 2 aliphatic carbocycles. The average molecular weight is 243 g/mol. The third kappa shape index (κ3) is 3.94. The zero-order valence-corrected chi connectivity index (χ0v) is 11.2. The molecular weight excluding hydrogens is 218 g/mol. The summed E-state index contributed by atoms with van der Waals surface area (Å²) in [6.07, 6.45) is 8.31. The number of aliphatic hydroxyl groups is 1. The first-order chi connectivity index (χ1) is 7.72. The van der Waals surface area contributed by atoms with Crippen LogP contribution in [0.5, 0.6) is 0 Å². The van der Waals surface area contributed by atoms with Gasteiger partial charge in [-0.05, 0) is 44.3 Å². The van der Waals surface area contributed by atoms with Crippen LogP contribution in [0.2, 0.25) is 0 Å². The van der Waals surface area contributed by atoms with Crippen LogP contribution in [-0.4, -0.2) is 34.8 Å². The Morgan fingerprint density at radius 1 is 1.25 bits per heavy atom. The molecule has 0 aromatic carbocycles. The first-order valence-corrected chi connectivity index (χ1v) is 7.84. The van der Waals surface area contributed by atoms with E-state index in [2.05, 4.69) is 12.2 Å². The van der Waals surface area contributed by atoms with E-state index in [-0.39, 0.29) is 12.1 Å². The Labute approximate surface area is 104 Å². The molecule has 1 unspecified atom stereocenters. The lowest BCUT2D eigenvalue weighted by atomic mass is 10.1. The third-order valence-corrected chi connectivity index (χ3v) is 5.28. The molecule has 0 saturated heterocycles. The SMILES string of the molecule is CC(CO)(CSCC1CCCC1)NC1CC1. The minimum absolute atomic E-state index is 0.0512. The minimum atomic E-state index is -0.0512. The first kappa shape index (κ1) is 12.7. The van der Waals surface area contributed by atoms with Gasteiger partial charge < -0.3 is 10.4 Å². The standard InChI is InChI=1S/C13H25NOS/c1-13(9-15,14-12-6-7-12)10-16-8-11-4-2-3-5-11/h11-12,14-15H,2-10H2,1H3. The van der Waals surface area contributed by atoms with Crippen molar-refractivity contribution in [2.75, 3.05) is 18.1 Å². The van der Waals surface area contributed by atoms with Crippen molar-refractivity contribution in [3.05, 3.63) is 0 Å². The summed E-state index contributed by atoms with van der Waals surface area (Å²) in [5.41, 5.74) is -0.0512. The van der Waals surface area contributed by atoms with Crippen LogP contribution in [0.1, 0.15) is 45.4 Å². The van der Waals surface area contributed by atoms with E-state index in [1.807, 2.05) is 11.8 Å². The normalized spacial score (nSPS) is 25.9. The van der Waals surface area contributed by atoms with Gasteiger partial charge in [-0.2, -0.15) is 11.8 Å². The fourth-order valence-corrected chi connectivity index (χ4v) is 3.89. The molecule has 0 amide bonds. The van der Waals surface area contributed by atoms with Gasteiger partial charge in [0.15, 0.2) is 0 Å². The van der Waals surface area contributed by atoms with Crippen molar-refractivity contribution in [3.8, 4) is 0 Å². The molecule has 2 aliphatic rings. The molecule has 0 aromatic heterocycles. The van der Waals surface area contributed by atoms with Gasteiger partial charge in [0, 0.05) is 17.3 Å². The van der Waals surface area contributed by atoms with Crippen molar-refractivity contribution in [2.45, 2.75) is 57.0 Å². The van der Waals surface area contributed by atoms with Crippen LogP contribution in [0.4, 0.5) is 0 Å². The highest BCUT2D eigenvalue weighted by molar-refractivity contribution is 7.99. The van der Waals surface area contributed by atoms with E-state index in [1.165, 1.54) is 44.3 Å². The van der Waals surface area contributed by atoms with Crippen molar-refractivity contribution < 1.29 is 5.11 Å². The summed E-state index contributed by atoms with van der Waals surface area (Å²) < 4.78 is 0. The molecule has 0 spiro atoms. The van der Waals surface area contributed by atoms with E-state index in [1.54, 1.807) is 0 Å². The highest BCUT2D eigenvalue weighted by atomic mass is 32.2. The second kappa shape index (κ2) is 5.74. The Hall–Kier alpha value is 0.270. The monoisotopic (exact) mass is 243 g/mol. The lowest BCUT2D eigenvalue weighted by Gasteiger charge is -2.29. The average Bonchev–Trinajstić information content (AvgIpc) is 2.92. The van der Waals surface area contributed by atoms with Gasteiger partial charge >= 0.3 is 0 Å². The minimum Gasteiger partial charge on any atom is -0.394 e. The van der Waals surface area contributed by atoms with E-state index in [4.69, 9.17) is 0 Å². The van der Waals surface area contributed by atoms with Crippen LogP contribution in [0.25, 0.3) is 0 Å². The number of hydrogen-bond donors (Lipinski definition) is 2. The fraction of sp³-hybridized carbons (Fsp3) is 1.00. The lowest BCUT2D eigenvalue weighted by Crippen LogP contribution is -2.49. The van der Waals surface area contributed by atoms with Crippen molar-refractivity contribution in [1.29, 1.82) is 0 Å². The van der Waals surface area contributed by atoms with Crippen molar-refractivity contribution >= 4 is 11.8 Å². The van der Waals surface area contributed by atoms with Gasteiger partial charge in [0.25, 0.3) is 0 Å². The first-order valence-electron chi connectivity index (χ1n) is 6.68. The Bertz CT molecular complexity index is 214. The van der Waals surface area contributed by atoms with Crippen LogP contribution < -0.4 is 5.32 Å². The van der Waals surface area contributed by atoms with Gasteiger partial charge in [-0.25, -0.2) is 0 Å². The molecule has 2 fully saturated rings. The van der Waals surface area contributed by atoms with Gasteiger partial charge in [-0.15, -0.1) is 0 Å². The van der Waals surface area contributed by atoms with Crippen molar-refractivity contribution in [3.63, 3.8) is 0 Å². The highest BCUT2D eigenvalue weighted by Gasteiger charge is 2.32. The predicted octanol–water partition coefficient (Wildman–Crippen LogP) is 2.41. The number of hydrogen-bond acceptors (Lipinski definition) is 3. The van der Waals surface area contributed by atoms with Crippen LogP contribution in [0.15, 0.2) is 0 Å². The smallest absolute Gasteiger partial charge is 0.0618 e. The number of aliphatic hydroxyl groups excluding tert-OH is 1. The van der Waals surface area contributed by atoms with Crippen molar-refractivity contribution in [1.82, 2.24) is 5.32 Å². The zero-order chi connectivity index (χ0) is 11.4. The van der Waals surface area contributed by atoms with Gasteiger partial charge in [0.1, 0.15) is 0 Å². The molecule has 16 heavy (non-hydrogen) atoms. The van der Waals surface area contributed by atoms with E-state index in [9.17, 15) is 5.11 Å². The van der Waals surface area contributed by atoms with E-state index < -0.39 is 0 Å². The van der Waals surface area contributed by atoms with Crippen LogP contribution >= 0.6 is 11.8 Å². The second-order valence-electron chi connectivity index (χ2n) is 5.80. The van der Waals surface area contributed by atoms with Crippen molar-refractivity contribution in [2.24, 2.45) is 5.92 Å². The maximum absolute atomic E-state index is 9.48. The fourth-order valence-electron chi connectivity index (χ4n) is 2.48. The molecule has 0 radical (unpaired) electrons. The Morgan fingerprint density at radius 3 is 2.50 bits per heavy atom. The van der Waals surface area contributed by atoms with E-state index >= 15 is 0 Å². The highest BCUT2D eigenvalue weighted by Crippen LogP contribution is 2.30. The predicted molar refractivity (Wildman–Crippen MR) is 70.9 cm³/mol. The van der Waals surface area contributed by atoms with Gasteiger partial charge in [-0.3, -0.25) is 0 Å². The number of nitrogens with one attached hydrogen (secondary N) is 1. The molecular formula is C13H25NOS. The summed E-state index contributed by atoms with van der Waals surface area (Å²) in [6.45, 7) is 2.42. The maximum atomic E-state index is 9.48. The molecule has 0 aromatic rings. The van der Waals surface area contributed by atoms with E-state index in [0.29, 0.717) is 6.04 Å². The number of rotatable bonds is 7. The summed E-state index contributed by atoms with van der Waals surface area (Å²) in [5.74, 6) is 3.30. The largest absolute Gasteiger partial charge is 0.394 e. The quantitative estimate of drug-likeness (QED) is 0.720. The molecule has 2 rings (SSSR count). The topological polar surface area (TPSA) is 32.3 Å². The Morgan fingerprint density at radius 2 is 1.94 bits per heavy atom. The number of thioether (sulfide) groups is 1. The molecule has 0 heterocycles. The lowest BCUT2D eigenvalue weighted by molar-refractivity contribution is 0.190. The molecule has 0 aliphatic heterocycles. The summed E-state index contributed by atoms with van der Waals surface area (Å²) in [5, 5.41) is 13.0. The van der Waals surface area contributed by atoms with E-state index in [0.717, 1.165) is 11.7 Å².